The number of carbonyl (C=O) groups is 1. The molecule has 0 aromatic carbocycles. The molecular formula is C12H23N3O. The van der Waals surface area contributed by atoms with E-state index in [1.54, 1.807) is 0 Å². The quantitative estimate of drug-likeness (QED) is 0.740. The van der Waals surface area contributed by atoms with Crippen LogP contribution < -0.4 is 5.73 Å². The molecule has 0 spiro atoms. The largest absolute Gasteiger partial charge is 0.340 e. The maximum Gasteiger partial charge on any atom is 0.225 e. The Hall–Kier alpha value is -0.610. The van der Waals surface area contributed by atoms with E-state index in [0.29, 0.717) is 18.4 Å². The molecule has 1 aliphatic heterocycles. The number of amides is 1. The van der Waals surface area contributed by atoms with Crippen molar-refractivity contribution in [1.82, 2.24) is 9.80 Å². The Labute approximate surface area is 97.8 Å². The molecule has 0 radical (unpaired) electrons. The molecule has 2 rings (SSSR count). The Balaban J connectivity index is 1.77. The minimum Gasteiger partial charge on any atom is -0.340 e. The topological polar surface area (TPSA) is 49.6 Å². The molecule has 2 N–H and O–H groups in total. The predicted molar refractivity (Wildman–Crippen MR) is 64.0 cm³/mol. The van der Waals surface area contributed by atoms with Gasteiger partial charge in [-0.15, -0.1) is 0 Å². The molecular weight excluding hydrogens is 202 g/mol. The maximum atomic E-state index is 12.1. The number of rotatable bonds is 4. The molecule has 1 saturated heterocycles. The van der Waals surface area contributed by atoms with Gasteiger partial charge in [-0.05, 0) is 18.8 Å². The van der Waals surface area contributed by atoms with E-state index in [1.807, 2.05) is 4.90 Å². The zero-order chi connectivity index (χ0) is 11.5. The highest BCUT2D eigenvalue weighted by molar-refractivity contribution is 5.79. The molecule has 1 saturated carbocycles. The van der Waals surface area contributed by atoms with Gasteiger partial charge in [-0.1, -0.05) is 6.92 Å². The van der Waals surface area contributed by atoms with Gasteiger partial charge in [0.05, 0.1) is 0 Å². The molecule has 16 heavy (non-hydrogen) atoms. The van der Waals surface area contributed by atoms with Crippen LogP contribution in [-0.2, 0) is 4.79 Å². The SMILES string of the molecule is CC(C(=O)N1CCN(CCN)CC1)C1CC1. The van der Waals surface area contributed by atoms with Gasteiger partial charge >= 0.3 is 0 Å². The van der Waals surface area contributed by atoms with Crippen LogP contribution >= 0.6 is 0 Å². The molecule has 1 unspecified atom stereocenters. The first-order valence-electron chi connectivity index (χ1n) is 6.43. The van der Waals surface area contributed by atoms with Crippen LogP contribution in [-0.4, -0.2) is 55.0 Å². The molecule has 1 amide bonds. The van der Waals surface area contributed by atoms with E-state index in [0.717, 1.165) is 32.7 Å². The lowest BCUT2D eigenvalue weighted by atomic mass is 10.0. The molecule has 92 valence electrons. The summed E-state index contributed by atoms with van der Waals surface area (Å²) in [4.78, 5) is 16.5. The second kappa shape index (κ2) is 5.15. The van der Waals surface area contributed by atoms with Gasteiger partial charge < -0.3 is 10.6 Å². The van der Waals surface area contributed by atoms with Crippen molar-refractivity contribution in [3.05, 3.63) is 0 Å². The summed E-state index contributed by atoms with van der Waals surface area (Å²) in [5.41, 5.74) is 5.53. The fourth-order valence-electron chi connectivity index (χ4n) is 2.46. The summed E-state index contributed by atoms with van der Waals surface area (Å²) >= 11 is 0. The number of carbonyl (C=O) groups excluding carboxylic acids is 1. The highest BCUT2D eigenvalue weighted by Crippen LogP contribution is 2.37. The zero-order valence-corrected chi connectivity index (χ0v) is 10.2. The highest BCUT2D eigenvalue weighted by Gasteiger charge is 2.35. The average molecular weight is 225 g/mol. The van der Waals surface area contributed by atoms with E-state index < -0.39 is 0 Å². The van der Waals surface area contributed by atoms with E-state index >= 15 is 0 Å². The minimum absolute atomic E-state index is 0.251. The lowest BCUT2D eigenvalue weighted by Gasteiger charge is -2.35. The number of hydrogen-bond acceptors (Lipinski definition) is 3. The fraction of sp³-hybridized carbons (Fsp3) is 0.917. The van der Waals surface area contributed by atoms with Crippen LogP contribution in [0.2, 0.25) is 0 Å². The Morgan fingerprint density at radius 3 is 2.44 bits per heavy atom. The van der Waals surface area contributed by atoms with E-state index in [-0.39, 0.29) is 5.92 Å². The Morgan fingerprint density at radius 2 is 1.94 bits per heavy atom. The summed E-state index contributed by atoms with van der Waals surface area (Å²) in [5, 5.41) is 0. The monoisotopic (exact) mass is 225 g/mol. The first kappa shape index (κ1) is 11.9. The summed E-state index contributed by atoms with van der Waals surface area (Å²) in [5.74, 6) is 1.30. The third-order valence-corrected chi connectivity index (χ3v) is 3.85. The fourth-order valence-corrected chi connectivity index (χ4v) is 2.46. The first-order valence-corrected chi connectivity index (χ1v) is 6.43. The molecule has 4 nitrogen and oxygen atoms in total. The standard InChI is InChI=1S/C12H23N3O/c1-10(11-2-3-11)12(16)15-8-6-14(5-4-13)7-9-15/h10-11H,2-9,13H2,1H3. The number of nitrogens with two attached hydrogens (primary N) is 1. The van der Waals surface area contributed by atoms with Crippen molar-refractivity contribution in [1.29, 1.82) is 0 Å². The van der Waals surface area contributed by atoms with E-state index in [9.17, 15) is 4.79 Å². The normalized spacial score (nSPS) is 24.5. The van der Waals surface area contributed by atoms with Gasteiger partial charge in [0.25, 0.3) is 0 Å². The van der Waals surface area contributed by atoms with Gasteiger partial charge in [0, 0.05) is 45.2 Å². The van der Waals surface area contributed by atoms with Crippen LogP contribution in [0.15, 0.2) is 0 Å². The van der Waals surface area contributed by atoms with Gasteiger partial charge in [-0.2, -0.15) is 0 Å². The molecule has 0 aromatic heterocycles. The van der Waals surface area contributed by atoms with Crippen LogP contribution in [0.3, 0.4) is 0 Å². The molecule has 1 heterocycles. The second-order valence-corrected chi connectivity index (χ2v) is 5.08. The number of hydrogen-bond donors (Lipinski definition) is 1. The number of nitrogens with zero attached hydrogens (tertiary/aromatic N) is 2. The van der Waals surface area contributed by atoms with Crippen LogP contribution in [0.1, 0.15) is 19.8 Å². The number of piperazine rings is 1. The van der Waals surface area contributed by atoms with E-state index in [2.05, 4.69) is 11.8 Å². The zero-order valence-electron chi connectivity index (χ0n) is 10.2. The van der Waals surface area contributed by atoms with E-state index in [4.69, 9.17) is 5.73 Å². The summed E-state index contributed by atoms with van der Waals surface area (Å²) < 4.78 is 0. The molecule has 1 aliphatic carbocycles. The van der Waals surface area contributed by atoms with Crippen molar-refractivity contribution in [2.45, 2.75) is 19.8 Å². The lowest BCUT2D eigenvalue weighted by Crippen LogP contribution is -2.51. The van der Waals surface area contributed by atoms with Gasteiger partial charge in [0.15, 0.2) is 0 Å². The van der Waals surface area contributed by atoms with Crippen LogP contribution in [0, 0.1) is 11.8 Å². The third-order valence-electron chi connectivity index (χ3n) is 3.85. The second-order valence-electron chi connectivity index (χ2n) is 5.08. The molecule has 2 fully saturated rings. The maximum absolute atomic E-state index is 12.1. The van der Waals surface area contributed by atoms with Gasteiger partial charge in [-0.3, -0.25) is 9.69 Å². The first-order chi connectivity index (χ1) is 7.72. The van der Waals surface area contributed by atoms with Crippen molar-refractivity contribution in [2.75, 3.05) is 39.3 Å². The van der Waals surface area contributed by atoms with Crippen LogP contribution in [0.5, 0.6) is 0 Å². The average Bonchev–Trinajstić information content (AvgIpc) is 3.12. The van der Waals surface area contributed by atoms with Crippen molar-refractivity contribution >= 4 is 5.91 Å². The van der Waals surface area contributed by atoms with Crippen LogP contribution in [0.4, 0.5) is 0 Å². The molecule has 1 atom stereocenters. The van der Waals surface area contributed by atoms with Gasteiger partial charge in [0.2, 0.25) is 5.91 Å². The molecule has 0 bridgehead atoms. The highest BCUT2D eigenvalue weighted by atomic mass is 16.2. The predicted octanol–water partition coefficient (Wildman–Crippen LogP) is 0.135. The van der Waals surface area contributed by atoms with Gasteiger partial charge in [0.1, 0.15) is 0 Å². The third kappa shape index (κ3) is 2.74. The molecule has 0 aromatic rings. The molecule has 2 aliphatic rings. The lowest BCUT2D eigenvalue weighted by molar-refractivity contribution is -0.137. The summed E-state index contributed by atoms with van der Waals surface area (Å²) in [6.45, 7) is 7.51. The van der Waals surface area contributed by atoms with E-state index in [1.165, 1.54) is 12.8 Å². The van der Waals surface area contributed by atoms with Crippen molar-refractivity contribution < 1.29 is 4.79 Å². The molecule has 4 heteroatoms. The van der Waals surface area contributed by atoms with Crippen molar-refractivity contribution in [2.24, 2.45) is 17.6 Å². The smallest absolute Gasteiger partial charge is 0.225 e. The Kier molecular flexibility index (Phi) is 3.82. The van der Waals surface area contributed by atoms with Crippen molar-refractivity contribution in [3.63, 3.8) is 0 Å². The van der Waals surface area contributed by atoms with Crippen molar-refractivity contribution in [3.8, 4) is 0 Å². The van der Waals surface area contributed by atoms with Crippen LogP contribution in [0.25, 0.3) is 0 Å². The summed E-state index contributed by atoms with van der Waals surface area (Å²) in [7, 11) is 0. The Bertz CT molecular complexity index is 245. The van der Waals surface area contributed by atoms with Gasteiger partial charge in [-0.25, -0.2) is 0 Å². The summed E-state index contributed by atoms with van der Waals surface area (Å²) in [6.07, 6.45) is 2.50. The Morgan fingerprint density at radius 1 is 1.31 bits per heavy atom. The summed E-state index contributed by atoms with van der Waals surface area (Å²) in [6, 6.07) is 0. The minimum atomic E-state index is 0.251.